The first kappa shape index (κ1) is 32.9. The molecule has 0 saturated heterocycles. The Balaban J connectivity index is 3.90. The molecule has 0 aliphatic carbocycles. The van der Waals surface area contributed by atoms with Crippen LogP contribution in [0.1, 0.15) is 142 Å². The van der Waals surface area contributed by atoms with Crippen LogP contribution >= 0.6 is 0 Å². The lowest BCUT2D eigenvalue weighted by Crippen LogP contribution is -2.38. The van der Waals surface area contributed by atoms with Crippen LogP contribution in [0.15, 0.2) is 0 Å². The molecule has 0 spiro atoms. The molecule has 0 aliphatic rings. The maximum absolute atomic E-state index is 12.1. The van der Waals surface area contributed by atoms with Crippen LogP contribution in [-0.2, 0) is 19.1 Å². The molecule has 0 amide bonds. The van der Waals surface area contributed by atoms with E-state index in [4.69, 9.17) is 9.47 Å². The van der Waals surface area contributed by atoms with E-state index in [0.29, 0.717) is 6.42 Å². The molecule has 0 heterocycles. The summed E-state index contributed by atoms with van der Waals surface area (Å²) < 4.78 is 10.5. The molecule has 0 aliphatic heterocycles. The fourth-order valence-corrected chi connectivity index (χ4v) is 3.98. The van der Waals surface area contributed by atoms with E-state index in [1.54, 1.807) is 0 Å². The van der Waals surface area contributed by atoms with E-state index in [1.807, 2.05) is 0 Å². The van der Waals surface area contributed by atoms with Crippen molar-refractivity contribution in [2.75, 3.05) is 13.2 Å². The first-order valence-electron chi connectivity index (χ1n) is 14.2. The summed E-state index contributed by atoms with van der Waals surface area (Å²) in [5, 5.41) is 19.2. The van der Waals surface area contributed by atoms with Gasteiger partial charge < -0.3 is 19.7 Å². The van der Waals surface area contributed by atoms with Gasteiger partial charge in [0.2, 0.25) is 0 Å². The van der Waals surface area contributed by atoms with Crippen molar-refractivity contribution < 1.29 is 29.3 Å². The molecular weight excluding hydrogens is 432 g/mol. The van der Waals surface area contributed by atoms with Crippen molar-refractivity contribution >= 4 is 11.9 Å². The number of carbonyl (C=O) groups is 2. The number of hydrogen-bond donors (Lipinski definition) is 2. The Kier molecular flexibility index (Phi) is 24.1. The van der Waals surface area contributed by atoms with Crippen LogP contribution in [0, 0.1) is 0 Å². The van der Waals surface area contributed by atoms with Crippen molar-refractivity contribution in [1.82, 2.24) is 0 Å². The van der Waals surface area contributed by atoms with Gasteiger partial charge in [0.1, 0.15) is 12.7 Å². The number of unbranched alkanes of at least 4 members (excludes halogenated alkanes) is 16. The van der Waals surface area contributed by atoms with E-state index in [-0.39, 0.29) is 19.0 Å². The Morgan fingerprint density at radius 3 is 1.41 bits per heavy atom. The second-order valence-electron chi connectivity index (χ2n) is 9.62. The third kappa shape index (κ3) is 21.4. The van der Waals surface area contributed by atoms with E-state index < -0.39 is 24.8 Å². The molecule has 0 unspecified atom stereocenters. The van der Waals surface area contributed by atoms with Gasteiger partial charge in [-0.3, -0.25) is 9.59 Å². The minimum atomic E-state index is -1.26. The Hall–Kier alpha value is -1.14. The van der Waals surface area contributed by atoms with E-state index in [0.717, 1.165) is 38.5 Å². The van der Waals surface area contributed by atoms with Gasteiger partial charge in [0.15, 0.2) is 6.10 Å². The van der Waals surface area contributed by atoms with Crippen LogP contribution in [0.25, 0.3) is 0 Å². The molecule has 34 heavy (non-hydrogen) atoms. The van der Waals surface area contributed by atoms with Gasteiger partial charge in [-0.25, -0.2) is 0 Å². The molecule has 2 atom stereocenters. The summed E-state index contributed by atoms with van der Waals surface area (Å²) in [6.45, 7) is 3.66. The maximum Gasteiger partial charge on any atom is 0.306 e. The zero-order valence-corrected chi connectivity index (χ0v) is 22.2. The lowest BCUT2D eigenvalue weighted by Gasteiger charge is -2.21. The molecule has 0 saturated carbocycles. The van der Waals surface area contributed by atoms with Gasteiger partial charge >= 0.3 is 11.9 Å². The first-order valence-corrected chi connectivity index (χ1v) is 14.2. The molecule has 0 bridgehead atoms. The second kappa shape index (κ2) is 25.0. The zero-order valence-electron chi connectivity index (χ0n) is 22.2. The fourth-order valence-electron chi connectivity index (χ4n) is 3.98. The van der Waals surface area contributed by atoms with Crippen LogP contribution in [0.5, 0.6) is 0 Å². The molecule has 2 N–H and O–H groups in total. The lowest BCUT2D eigenvalue weighted by molar-refractivity contribution is -0.168. The summed E-state index contributed by atoms with van der Waals surface area (Å²) in [6.07, 6.45) is 19.3. The average Bonchev–Trinajstić information content (AvgIpc) is 2.84. The summed E-state index contributed by atoms with van der Waals surface area (Å²) in [6, 6.07) is 0. The van der Waals surface area contributed by atoms with Gasteiger partial charge in [0.05, 0.1) is 6.61 Å². The van der Waals surface area contributed by atoms with Crippen LogP contribution in [-0.4, -0.2) is 47.6 Å². The van der Waals surface area contributed by atoms with E-state index in [9.17, 15) is 19.8 Å². The van der Waals surface area contributed by atoms with Gasteiger partial charge in [0, 0.05) is 12.8 Å². The average molecular weight is 487 g/mol. The van der Waals surface area contributed by atoms with Crippen LogP contribution in [0.3, 0.4) is 0 Å². The first-order chi connectivity index (χ1) is 16.5. The summed E-state index contributed by atoms with van der Waals surface area (Å²) in [7, 11) is 0. The topological polar surface area (TPSA) is 93.1 Å². The molecule has 0 radical (unpaired) electrons. The summed E-state index contributed by atoms with van der Waals surface area (Å²) in [4.78, 5) is 24.1. The van der Waals surface area contributed by atoms with Crippen molar-refractivity contribution in [1.29, 1.82) is 0 Å². The summed E-state index contributed by atoms with van der Waals surface area (Å²) in [5.41, 5.74) is 0. The summed E-state index contributed by atoms with van der Waals surface area (Å²) in [5.74, 6) is -0.775. The number of aliphatic hydroxyl groups is 2. The lowest BCUT2D eigenvalue weighted by atomic mass is 10.1. The van der Waals surface area contributed by atoms with Crippen molar-refractivity contribution in [2.45, 2.75) is 154 Å². The largest absolute Gasteiger partial charge is 0.462 e. The quantitative estimate of drug-likeness (QED) is 0.111. The van der Waals surface area contributed by atoms with E-state index in [2.05, 4.69) is 13.8 Å². The highest BCUT2D eigenvalue weighted by molar-refractivity contribution is 5.70. The standard InChI is InChI=1S/C28H54O6/c1-3-5-7-9-11-13-15-17-19-21-27(31)33-24-26(25(30)23-29)34-28(32)22-20-18-16-14-12-10-8-6-4-2/h25-26,29-30H,3-24H2,1-2H3/t25-,26+/m1/s1. The van der Waals surface area contributed by atoms with Gasteiger partial charge in [0.25, 0.3) is 0 Å². The Morgan fingerprint density at radius 1 is 0.618 bits per heavy atom. The molecule has 202 valence electrons. The molecule has 0 aromatic heterocycles. The third-order valence-corrected chi connectivity index (χ3v) is 6.28. The Labute approximate surface area is 209 Å². The SMILES string of the molecule is CCCCCCCCCCCC(=O)OC[C@H](OC(=O)CCCCCCCCCCC)[C@H](O)CO. The van der Waals surface area contributed by atoms with Crippen molar-refractivity contribution in [3.63, 3.8) is 0 Å². The van der Waals surface area contributed by atoms with Crippen molar-refractivity contribution in [3.8, 4) is 0 Å². The predicted octanol–water partition coefficient (Wildman–Crippen LogP) is 6.64. The van der Waals surface area contributed by atoms with Gasteiger partial charge in [-0.05, 0) is 12.8 Å². The number of rotatable bonds is 25. The van der Waals surface area contributed by atoms with Crippen LogP contribution in [0.4, 0.5) is 0 Å². The monoisotopic (exact) mass is 486 g/mol. The molecule has 0 fully saturated rings. The Bertz CT molecular complexity index is 468. The Morgan fingerprint density at radius 2 is 1.00 bits per heavy atom. The highest BCUT2D eigenvalue weighted by Crippen LogP contribution is 2.13. The predicted molar refractivity (Wildman–Crippen MR) is 138 cm³/mol. The molecule has 6 nitrogen and oxygen atoms in total. The molecule has 0 aromatic rings. The molecular formula is C28H54O6. The second-order valence-corrected chi connectivity index (χ2v) is 9.62. The third-order valence-electron chi connectivity index (χ3n) is 6.28. The number of carbonyl (C=O) groups excluding carboxylic acids is 2. The molecule has 6 heteroatoms. The highest BCUT2D eigenvalue weighted by atomic mass is 16.6. The number of hydrogen-bond acceptors (Lipinski definition) is 6. The number of aliphatic hydroxyl groups excluding tert-OH is 2. The number of esters is 2. The van der Waals surface area contributed by atoms with Crippen LogP contribution in [0.2, 0.25) is 0 Å². The normalized spacial score (nSPS) is 12.9. The summed E-state index contributed by atoms with van der Waals surface area (Å²) >= 11 is 0. The smallest absolute Gasteiger partial charge is 0.306 e. The van der Waals surface area contributed by atoms with Gasteiger partial charge in [-0.15, -0.1) is 0 Å². The molecule has 0 rings (SSSR count). The van der Waals surface area contributed by atoms with E-state index in [1.165, 1.54) is 77.0 Å². The van der Waals surface area contributed by atoms with Crippen molar-refractivity contribution in [3.05, 3.63) is 0 Å². The van der Waals surface area contributed by atoms with Gasteiger partial charge in [-0.1, -0.05) is 117 Å². The minimum absolute atomic E-state index is 0.221. The molecule has 0 aromatic carbocycles. The number of ether oxygens (including phenoxy) is 2. The van der Waals surface area contributed by atoms with Gasteiger partial charge in [-0.2, -0.15) is 0 Å². The van der Waals surface area contributed by atoms with Crippen LogP contribution < -0.4 is 0 Å². The zero-order chi connectivity index (χ0) is 25.3. The minimum Gasteiger partial charge on any atom is -0.462 e. The highest BCUT2D eigenvalue weighted by Gasteiger charge is 2.24. The maximum atomic E-state index is 12.1. The van der Waals surface area contributed by atoms with Crippen molar-refractivity contribution in [2.24, 2.45) is 0 Å². The van der Waals surface area contributed by atoms with E-state index >= 15 is 0 Å². The fraction of sp³-hybridized carbons (Fsp3) is 0.929.